The number of rotatable bonds is 5. The summed E-state index contributed by atoms with van der Waals surface area (Å²) in [6.07, 6.45) is 0. The average molecular weight is 294 g/mol. The Morgan fingerprint density at radius 1 is 1.24 bits per heavy atom. The fourth-order valence-corrected chi connectivity index (χ4v) is 1.79. The summed E-state index contributed by atoms with van der Waals surface area (Å²) in [5.74, 6) is -2.53. The van der Waals surface area contributed by atoms with Crippen LogP contribution in [-0.2, 0) is 6.54 Å². The van der Waals surface area contributed by atoms with E-state index in [0.29, 0.717) is 12.1 Å². The van der Waals surface area contributed by atoms with Gasteiger partial charge in [-0.2, -0.15) is 0 Å². The summed E-state index contributed by atoms with van der Waals surface area (Å²) in [5, 5.41) is 13.7. The number of nitrogens with one attached hydrogen (secondary N) is 1. The zero-order valence-corrected chi connectivity index (χ0v) is 11.1. The Kier molecular flexibility index (Phi) is 4.44. The summed E-state index contributed by atoms with van der Waals surface area (Å²) in [6.45, 7) is 0.455. The van der Waals surface area contributed by atoms with Gasteiger partial charge in [-0.1, -0.05) is 12.1 Å². The molecule has 0 aliphatic rings. The van der Waals surface area contributed by atoms with E-state index in [1.807, 2.05) is 0 Å². The number of hydrogen-bond donors (Lipinski definition) is 1. The third-order valence-corrected chi connectivity index (χ3v) is 2.73. The maximum Gasteiger partial charge on any atom is 0.314 e. The first-order valence-corrected chi connectivity index (χ1v) is 6.06. The van der Waals surface area contributed by atoms with E-state index in [2.05, 4.69) is 5.32 Å². The lowest BCUT2D eigenvalue weighted by Gasteiger charge is -2.09. The van der Waals surface area contributed by atoms with Crippen molar-refractivity contribution < 1.29 is 18.4 Å². The third kappa shape index (κ3) is 3.32. The molecule has 0 spiro atoms. The molecule has 0 saturated heterocycles. The summed E-state index contributed by atoms with van der Waals surface area (Å²) < 4.78 is 32.6. The predicted octanol–water partition coefficient (Wildman–Crippen LogP) is 3.38. The summed E-state index contributed by atoms with van der Waals surface area (Å²) in [4.78, 5) is 10.1. The van der Waals surface area contributed by atoms with E-state index >= 15 is 0 Å². The minimum absolute atomic E-state index is 0.275. The molecule has 0 aliphatic carbocycles. The largest absolute Gasteiger partial charge is 0.444 e. The lowest BCUT2D eigenvalue weighted by atomic mass is 10.2. The average Bonchev–Trinajstić information content (AvgIpc) is 2.43. The van der Waals surface area contributed by atoms with Gasteiger partial charge in [0.1, 0.15) is 0 Å². The zero-order valence-electron chi connectivity index (χ0n) is 11.1. The number of nitro benzene ring substituents is 1. The Hall–Kier alpha value is -2.54. The van der Waals surface area contributed by atoms with E-state index in [1.54, 1.807) is 13.1 Å². The van der Waals surface area contributed by atoms with Crippen LogP contribution in [0.5, 0.6) is 11.5 Å². The molecule has 2 aromatic carbocycles. The second kappa shape index (κ2) is 6.27. The SMILES string of the molecule is CNCc1ccc(Oc2c(F)cccc2[N+](=O)[O-])c(F)c1. The van der Waals surface area contributed by atoms with Gasteiger partial charge in [-0.25, -0.2) is 8.78 Å². The van der Waals surface area contributed by atoms with Crippen LogP contribution in [0.25, 0.3) is 0 Å². The standard InChI is InChI=1S/C14H12F2N2O3/c1-17-8-9-5-6-13(11(16)7-9)21-14-10(15)3-2-4-12(14)18(19)20/h2-7,17H,8H2,1H3. The van der Waals surface area contributed by atoms with Gasteiger partial charge in [0.15, 0.2) is 17.4 Å². The Morgan fingerprint density at radius 2 is 2.00 bits per heavy atom. The van der Waals surface area contributed by atoms with Gasteiger partial charge in [0.2, 0.25) is 5.75 Å². The molecule has 0 unspecified atom stereocenters. The Bertz CT molecular complexity index is 677. The van der Waals surface area contributed by atoms with Gasteiger partial charge in [0.25, 0.3) is 0 Å². The van der Waals surface area contributed by atoms with Crippen molar-refractivity contribution in [3.63, 3.8) is 0 Å². The minimum atomic E-state index is -0.928. The molecule has 0 heterocycles. The van der Waals surface area contributed by atoms with E-state index in [1.165, 1.54) is 18.2 Å². The first kappa shape index (κ1) is 14.9. The maximum absolute atomic E-state index is 13.9. The second-order valence-electron chi connectivity index (χ2n) is 4.24. The van der Waals surface area contributed by atoms with Crippen LogP contribution >= 0.6 is 0 Å². The maximum atomic E-state index is 13.9. The Balaban J connectivity index is 2.37. The summed E-state index contributed by atoms with van der Waals surface area (Å²) >= 11 is 0. The van der Waals surface area contributed by atoms with Gasteiger partial charge in [0, 0.05) is 12.6 Å². The number of halogens is 2. The van der Waals surface area contributed by atoms with E-state index < -0.39 is 28.0 Å². The second-order valence-corrected chi connectivity index (χ2v) is 4.24. The fraction of sp³-hybridized carbons (Fsp3) is 0.143. The van der Waals surface area contributed by atoms with Gasteiger partial charge in [-0.05, 0) is 30.8 Å². The first-order chi connectivity index (χ1) is 10.0. The molecular weight excluding hydrogens is 282 g/mol. The van der Waals surface area contributed by atoms with Gasteiger partial charge in [-0.3, -0.25) is 10.1 Å². The van der Waals surface area contributed by atoms with Gasteiger partial charge in [0.05, 0.1) is 4.92 Å². The summed E-state index contributed by atoms with van der Waals surface area (Å²) in [7, 11) is 1.71. The number of nitro groups is 1. The normalized spacial score (nSPS) is 10.4. The number of benzene rings is 2. The van der Waals surface area contributed by atoms with E-state index in [4.69, 9.17) is 4.74 Å². The van der Waals surface area contributed by atoms with E-state index in [0.717, 1.165) is 12.1 Å². The van der Waals surface area contributed by atoms with Crippen LogP contribution in [0.3, 0.4) is 0 Å². The molecule has 110 valence electrons. The highest BCUT2D eigenvalue weighted by Crippen LogP contribution is 2.34. The molecule has 0 amide bonds. The predicted molar refractivity (Wildman–Crippen MR) is 72.3 cm³/mol. The van der Waals surface area contributed by atoms with Crippen LogP contribution < -0.4 is 10.1 Å². The van der Waals surface area contributed by atoms with Crippen LogP contribution in [-0.4, -0.2) is 12.0 Å². The topological polar surface area (TPSA) is 64.4 Å². The summed E-state index contributed by atoms with van der Waals surface area (Å²) in [6, 6.07) is 7.40. The molecule has 0 fully saturated rings. The smallest absolute Gasteiger partial charge is 0.314 e. The molecule has 0 radical (unpaired) electrons. The molecule has 0 bridgehead atoms. The van der Waals surface area contributed by atoms with Crippen molar-refractivity contribution in [3.05, 3.63) is 63.7 Å². The van der Waals surface area contributed by atoms with Crippen molar-refractivity contribution in [2.75, 3.05) is 7.05 Å². The molecule has 2 rings (SSSR count). The number of hydrogen-bond acceptors (Lipinski definition) is 4. The van der Waals surface area contributed by atoms with Crippen molar-refractivity contribution in [1.82, 2.24) is 5.32 Å². The quantitative estimate of drug-likeness (QED) is 0.678. The monoisotopic (exact) mass is 294 g/mol. The molecule has 0 aromatic heterocycles. The molecule has 0 atom stereocenters. The fourth-order valence-electron chi connectivity index (χ4n) is 1.79. The molecule has 2 aromatic rings. The van der Waals surface area contributed by atoms with Crippen LogP contribution in [0, 0.1) is 21.7 Å². The van der Waals surface area contributed by atoms with E-state index in [9.17, 15) is 18.9 Å². The Labute approximate surface area is 119 Å². The molecule has 0 saturated carbocycles. The lowest BCUT2D eigenvalue weighted by Crippen LogP contribution is -2.05. The van der Waals surface area contributed by atoms with Crippen LogP contribution in [0.4, 0.5) is 14.5 Å². The van der Waals surface area contributed by atoms with Crippen LogP contribution in [0.1, 0.15) is 5.56 Å². The third-order valence-electron chi connectivity index (χ3n) is 2.73. The minimum Gasteiger partial charge on any atom is -0.444 e. The van der Waals surface area contributed by atoms with Crippen LogP contribution in [0.2, 0.25) is 0 Å². The van der Waals surface area contributed by atoms with Crippen molar-refractivity contribution in [2.24, 2.45) is 0 Å². The highest BCUT2D eigenvalue weighted by molar-refractivity contribution is 5.49. The lowest BCUT2D eigenvalue weighted by molar-refractivity contribution is -0.385. The van der Waals surface area contributed by atoms with Crippen molar-refractivity contribution in [2.45, 2.75) is 6.54 Å². The zero-order chi connectivity index (χ0) is 15.4. The van der Waals surface area contributed by atoms with Crippen LogP contribution in [0.15, 0.2) is 36.4 Å². The van der Waals surface area contributed by atoms with Crippen molar-refractivity contribution in [3.8, 4) is 11.5 Å². The van der Waals surface area contributed by atoms with Gasteiger partial charge in [-0.15, -0.1) is 0 Å². The van der Waals surface area contributed by atoms with Gasteiger partial charge >= 0.3 is 5.69 Å². The molecular formula is C14H12F2N2O3. The number of nitrogens with zero attached hydrogens (tertiary/aromatic N) is 1. The highest BCUT2D eigenvalue weighted by Gasteiger charge is 2.21. The number of para-hydroxylation sites is 1. The van der Waals surface area contributed by atoms with E-state index in [-0.39, 0.29) is 5.75 Å². The van der Waals surface area contributed by atoms with Gasteiger partial charge < -0.3 is 10.1 Å². The molecule has 5 nitrogen and oxygen atoms in total. The first-order valence-electron chi connectivity index (χ1n) is 6.06. The highest BCUT2D eigenvalue weighted by atomic mass is 19.1. The molecule has 21 heavy (non-hydrogen) atoms. The van der Waals surface area contributed by atoms with Crippen molar-refractivity contribution >= 4 is 5.69 Å². The molecule has 7 heteroatoms. The number of ether oxygens (including phenoxy) is 1. The molecule has 1 N–H and O–H groups in total. The van der Waals surface area contributed by atoms with Crippen molar-refractivity contribution in [1.29, 1.82) is 0 Å². The molecule has 0 aliphatic heterocycles. The Morgan fingerprint density at radius 3 is 2.62 bits per heavy atom. The summed E-state index contributed by atoms with van der Waals surface area (Å²) in [5.41, 5.74) is 0.110.